The van der Waals surface area contributed by atoms with Crippen molar-refractivity contribution < 1.29 is 0 Å². The SMILES string of the molecule is C[Si](C)(c1ccc(-c2ccc(-c3ccc4c5ccccc5n(-c5ccccc5)c4c3)cc2)cc1)c1ccc(-c2ccc(-c3ccc4c5ccccc5n(-c5ccccc5)c4c3)cc2)cc1. The zero-order valence-electron chi connectivity index (χ0n) is 36.5. The summed E-state index contributed by atoms with van der Waals surface area (Å²) in [6, 6.07) is 89.3. The van der Waals surface area contributed by atoms with Crippen molar-refractivity contribution in [3.8, 4) is 55.9 Å². The van der Waals surface area contributed by atoms with Gasteiger partial charge in [0, 0.05) is 32.9 Å². The Kier molecular flexibility index (Phi) is 9.32. The van der Waals surface area contributed by atoms with E-state index in [4.69, 9.17) is 0 Å². The van der Waals surface area contributed by atoms with Crippen LogP contribution in [0.4, 0.5) is 0 Å². The quantitative estimate of drug-likeness (QED) is 0.135. The molecule has 0 atom stereocenters. The van der Waals surface area contributed by atoms with E-state index >= 15 is 0 Å². The van der Waals surface area contributed by atoms with E-state index in [-0.39, 0.29) is 0 Å². The van der Waals surface area contributed by atoms with Gasteiger partial charge in [0.15, 0.2) is 0 Å². The monoisotopic (exact) mass is 846 g/mol. The summed E-state index contributed by atoms with van der Waals surface area (Å²) in [6.45, 7) is 4.92. The van der Waals surface area contributed by atoms with E-state index in [1.54, 1.807) is 0 Å². The molecular weight excluding hydrogens is 801 g/mol. The number of aromatic nitrogens is 2. The third kappa shape index (κ3) is 6.71. The van der Waals surface area contributed by atoms with Crippen molar-refractivity contribution in [3.05, 3.63) is 243 Å². The molecule has 0 N–H and O–H groups in total. The maximum absolute atomic E-state index is 2.46. The van der Waals surface area contributed by atoms with Crippen LogP contribution in [0.1, 0.15) is 0 Å². The van der Waals surface area contributed by atoms with Gasteiger partial charge in [-0.1, -0.05) is 218 Å². The van der Waals surface area contributed by atoms with Crippen molar-refractivity contribution in [1.82, 2.24) is 9.13 Å². The van der Waals surface area contributed by atoms with Crippen molar-refractivity contribution in [1.29, 1.82) is 0 Å². The van der Waals surface area contributed by atoms with Crippen LogP contribution in [0.25, 0.3) is 99.5 Å². The van der Waals surface area contributed by atoms with Gasteiger partial charge < -0.3 is 9.13 Å². The molecule has 0 amide bonds. The van der Waals surface area contributed by atoms with Crippen molar-refractivity contribution in [2.24, 2.45) is 0 Å². The first kappa shape index (κ1) is 38.7. The number of fused-ring (bicyclic) bond motifs is 6. The maximum atomic E-state index is 2.46. The fraction of sp³-hybridized carbons (Fsp3) is 0.0323. The van der Waals surface area contributed by atoms with Crippen molar-refractivity contribution in [2.75, 3.05) is 0 Å². The van der Waals surface area contributed by atoms with Crippen molar-refractivity contribution >= 4 is 62.1 Å². The first-order valence-electron chi connectivity index (χ1n) is 22.6. The topological polar surface area (TPSA) is 9.86 Å². The summed E-state index contributed by atoms with van der Waals surface area (Å²) in [7, 11) is -1.94. The zero-order valence-corrected chi connectivity index (χ0v) is 37.5. The molecule has 12 rings (SSSR count). The molecule has 2 nitrogen and oxygen atoms in total. The minimum absolute atomic E-state index is 1.18. The fourth-order valence-corrected chi connectivity index (χ4v) is 12.4. The predicted octanol–water partition coefficient (Wildman–Crippen LogP) is 15.4. The minimum Gasteiger partial charge on any atom is -0.309 e. The summed E-state index contributed by atoms with van der Waals surface area (Å²) < 4.78 is 4.77. The van der Waals surface area contributed by atoms with Gasteiger partial charge in [0.25, 0.3) is 0 Å². The second-order valence-electron chi connectivity index (χ2n) is 17.8. The molecule has 2 heterocycles. The summed E-state index contributed by atoms with van der Waals surface area (Å²) in [6.07, 6.45) is 0. The summed E-state index contributed by atoms with van der Waals surface area (Å²) >= 11 is 0. The molecule has 3 heteroatoms. The Balaban J connectivity index is 0.765. The number of hydrogen-bond acceptors (Lipinski definition) is 0. The van der Waals surface area contributed by atoms with Crippen molar-refractivity contribution in [3.63, 3.8) is 0 Å². The Morgan fingerprint density at radius 1 is 0.246 bits per heavy atom. The molecule has 0 spiro atoms. The average molecular weight is 847 g/mol. The smallest absolute Gasteiger partial charge is 0.112 e. The molecule has 0 saturated heterocycles. The van der Waals surface area contributed by atoms with Gasteiger partial charge in [-0.2, -0.15) is 0 Å². The maximum Gasteiger partial charge on any atom is 0.112 e. The third-order valence-electron chi connectivity index (χ3n) is 13.7. The zero-order chi connectivity index (χ0) is 43.5. The summed E-state index contributed by atoms with van der Waals surface area (Å²) in [5.41, 5.74) is 17.0. The molecule has 0 aliphatic carbocycles. The van der Waals surface area contributed by atoms with Crippen LogP contribution in [0.5, 0.6) is 0 Å². The van der Waals surface area contributed by atoms with Crippen LogP contribution >= 0.6 is 0 Å². The van der Waals surface area contributed by atoms with E-state index in [1.807, 2.05) is 0 Å². The highest BCUT2D eigenvalue weighted by molar-refractivity contribution is 7.00. The first-order chi connectivity index (χ1) is 32.0. The molecule has 0 fully saturated rings. The van der Waals surface area contributed by atoms with E-state index in [2.05, 4.69) is 265 Å². The van der Waals surface area contributed by atoms with Gasteiger partial charge in [0.1, 0.15) is 8.07 Å². The lowest BCUT2D eigenvalue weighted by Crippen LogP contribution is -2.52. The highest BCUT2D eigenvalue weighted by Crippen LogP contribution is 2.37. The van der Waals surface area contributed by atoms with Crippen LogP contribution in [0, 0.1) is 0 Å². The lowest BCUT2D eigenvalue weighted by Gasteiger charge is -2.24. The Morgan fingerprint density at radius 3 is 0.892 bits per heavy atom. The Hall–Kier alpha value is -7.98. The van der Waals surface area contributed by atoms with Gasteiger partial charge in [-0.05, 0) is 93.0 Å². The normalized spacial score (nSPS) is 11.8. The molecular formula is C62H46N2Si. The number of hydrogen-bond donors (Lipinski definition) is 0. The van der Waals surface area contributed by atoms with Crippen LogP contribution < -0.4 is 10.4 Å². The van der Waals surface area contributed by atoms with E-state index in [1.165, 1.54) is 110 Å². The number of rotatable bonds is 8. The average Bonchev–Trinajstić information content (AvgIpc) is 3.89. The summed E-state index contributed by atoms with van der Waals surface area (Å²) in [4.78, 5) is 0. The van der Waals surface area contributed by atoms with Crippen LogP contribution in [-0.2, 0) is 0 Å². The molecule has 65 heavy (non-hydrogen) atoms. The van der Waals surface area contributed by atoms with Gasteiger partial charge >= 0.3 is 0 Å². The predicted molar refractivity (Wildman–Crippen MR) is 280 cm³/mol. The Bertz CT molecular complexity index is 3430. The van der Waals surface area contributed by atoms with Gasteiger partial charge in [-0.25, -0.2) is 0 Å². The van der Waals surface area contributed by atoms with E-state index in [0.717, 1.165) is 0 Å². The van der Waals surface area contributed by atoms with Crippen LogP contribution in [0.3, 0.4) is 0 Å². The van der Waals surface area contributed by atoms with Gasteiger partial charge in [-0.15, -0.1) is 0 Å². The van der Waals surface area contributed by atoms with Crippen LogP contribution in [-0.4, -0.2) is 17.2 Å². The second-order valence-corrected chi connectivity index (χ2v) is 22.2. The van der Waals surface area contributed by atoms with Gasteiger partial charge in [-0.3, -0.25) is 0 Å². The van der Waals surface area contributed by atoms with Gasteiger partial charge in [0.05, 0.1) is 22.1 Å². The minimum atomic E-state index is -1.94. The molecule has 12 aromatic rings. The molecule has 0 saturated carbocycles. The molecule has 0 aliphatic heterocycles. The van der Waals surface area contributed by atoms with E-state index in [9.17, 15) is 0 Å². The summed E-state index contributed by atoms with van der Waals surface area (Å²) in [5, 5.41) is 7.95. The first-order valence-corrected chi connectivity index (χ1v) is 25.6. The van der Waals surface area contributed by atoms with Crippen LogP contribution in [0.2, 0.25) is 13.1 Å². The third-order valence-corrected chi connectivity index (χ3v) is 17.2. The highest BCUT2D eigenvalue weighted by atomic mass is 28.3. The van der Waals surface area contributed by atoms with E-state index in [0.29, 0.717) is 0 Å². The molecule has 308 valence electrons. The molecule has 0 radical (unpaired) electrons. The fourth-order valence-electron chi connectivity index (χ4n) is 10.0. The molecule has 2 aromatic heterocycles. The number of nitrogens with zero attached hydrogens (tertiary/aromatic N) is 2. The van der Waals surface area contributed by atoms with Crippen LogP contribution in [0.15, 0.2) is 243 Å². The largest absolute Gasteiger partial charge is 0.309 e. The molecule has 0 aliphatic rings. The highest BCUT2D eigenvalue weighted by Gasteiger charge is 2.26. The number of para-hydroxylation sites is 4. The molecule has 0 bridgehead atoms. The second kappa shape index (κ2) is 15.7. The molecule has 10 aromatic carbocycles. The number of benzene rings is 10. The lowest BCUT2D eigenvalue weighted by molar-refractivity contribution is 1.18. The standard InChI is InChI=1S/C62H46N2Si/c1-65(2,53-35-29-45(30-36-53)43-21-25-47(26-22-43)49-33-39-57-55-17-9-11-19-59(55)63(61(57)41-49)51-13-5-3-6-14-51)54-37-31-46(32-38-54)44-23-27-48(28-24-44)50-34-40-58-56-18-10-12-20-60(56)64(62(58)42-50)52-15-7-4-8-16-52/h3-42H,1-2H3. The Morgan fingerprint density at radius 2 is 0.523 bits per heavy atom. The Labute approximate surface area is 381 Å². The van der Waals surface area contributed by atoms with Gasteiger partial charge in [0.2, 0.25) is 0 Å². The lowest BCUT2D eigenvalue weighted by atomic mass is 9.99. The van der Waals surface area contributed by atoms with E-state index < -0.39 is 8.07 Å². The molecule has 0 unspecified atom stereocenters. The van der Waals surface area contributed by atoms with Crippen molar-refractivity contribution in [2.45, 2.75) is 13.1 Å². The summed E-state index contributed by atoms with van der Waals surface area (Å²) in [5.74, 6) is 0.